The molecule has 168 valence electrons. The van der Waals surface area contributed by atoms with Crippen LogP contribution < -0.4 is 0 Å². The van der Waals surface area contributed by atoms with Crippen molar-refractivity contribution in [3.8, 4) is 22.3 Å². The maximum Gasteiger partial charge on any atom is 0.0162 e. The minimum absolute atomic E-state index is 0.0130. The fraction of sp³-hybridized carbons (Fsp3) is 0.353. The van der Waals surface area contributed by atoms with E-state index in [-0.39, 0.29) is 21.7 Å². The van der Waals surface area contributed by atoms with Gasteiger partial charge >= 0.3 is 0 Å². The molecule has 8 rings (SSSR count). The fourth-order valence-corrected chi connectivity index (χ4v) is 8.70. The molecule has 0 amide bonds. The summed E-state index contributed by atoms with van der Waals surface area (Å²) in [4.78, 5) is 0. The number of hydrogen-bond acceptors (Lipinski definition) is 0. The summed E-state index contributed by atoms with van der Waals surface area (Å²) in [6.07, 6.45) is 0. The molecule has 0 saturated heterocycles. The van der Waals surface area contributed by atoms with Crippen molar-refractivity contribution in [2.45, 2.75) is 77.0 Å². The second-order valence-electron chi connectivity index (χ2n) is 13.4. The average Bonchev–Trinajstić information content (AvgIpc) is 3.16. The maximum atomic E-state index is 2.48. The topological polar surface area (TPSA) is 0 Å². The van der Waals surface area contributed by atoms with Crippen molar-refractivity contribution in [3.63, 3.8) is 0 Å². The quantitative estimate of drug-likeness (QED) is 0.256. The van der Waals surface area contributed by atoms with E-state index < -0.39 is 0 Å². The Balaban J connectivity index is 1.77. The predicted octanol–water partition coefficient (Wildman–Crippen LogP) is 8.73. The average molecular weight is 441 g/mol. The molecule has 0 bridgehead atoms. The normalized spacial score (nSPS) is 21.3. The van der Waals surface area contributed by atoms with E-state index >= 15 is 0 Å². The molecule has 0 fully saturated rings. The van der Waals surface area contributed by atoms with Crippen molar-refractivity contribution < 1.29 is 0 Å². The molecule has 4 aromatic rings. The van der Waals surface area contributed by atoms with Gasteiger partial charge in [-0.3, -0.25) is 0 Å². The molecular formula is C34H32. The van der Waals surface area contributed by atoms with Gasteiger partial charge in [0.15, 0.2) is 0 Å². The van der Waals surface area contributed by atoms with Crippen LogP contribution in [0.1, 0.15) is 99.9 Å². The van der Waals surface area contributed by atoms with Crippen LogP contribution in [0.25, 0.3) is 33.0 Å². The zero-order valence-electron chi connectivity index (χ0n) is 21.6. The highest BCUT2D eigenvalue weighted by Gasteiger charge is 2.53. The van der Waals surface area contributed by atoms with Crippen molar-refractivity contribution in [3.05, 3.63) is 93.0 Å². The molecule has 0 saturated carbocycles. The van der Waals surface area contributed by atoms with Gasteiger partial charge in [0.25, 0.3) is 0 Å². The van der Waals surface area contributed by atoms with Crippen molar-refractivity contribution in [2.75, 3.05) is 0 Å². The van der Waals surface area contributed by atoms with E-state index in [1.165, 1.54) is 44.5 Å². The molecule has 0 N–H and O–H groups in total. The van der Waals surface area contributed by atoms with Crippen LogP contribution in [0.5, 0.6) is 0 Å². The Morgan fingerprint density at radius 3 is 1.03 bits per heavy atom. The molecule has 0 nitrogen and oxygen atoms in total. The van der Waals surface area contributed by atoms with Crippen molar-refractivity contribution >= 4 is 10.8 Å². The molecule has 0 aromatic heterocycles. The van der Waals surface area contributed by atoms with Crippen LogP contribution in [-0.4, -0.2) is 0 Å². The zero-order valence-corrected chi connectivity index (χ0v) is 21.6. The largest absolute Gasteiger partial charge is 0.0616 e. The second-order valence-corrected chi connectivity index (χ2v) is 13.4. The Hall–Kier alpha value is -2.86. The van der Waals surface area contributed by atoms with Gasteiger partial charge in [0.2, 0.25) is 0 Å². The van der Waals surface area contributed by atoms with E-state index in [1.54, 1.807) is 33.0 Å². The molecule has 0 aliphatic heterocycles. The molecule has 0 heterocycles. The molecule has 0 heteroatoms. The first-order valence-corrected chi connectivity index (χ1v) is 12.9. The standard InChI is InChI=1S/C34H32/c1-31(2)17-11-9-13-19-23(17)27-25-21(31)15-16-22-26(25)28-24-18(32(22,3)4)12-10-14-20(24)34(7,8)30(28)29(27)33(19,5)6/h9-16H,1-8H3. The summed E-state index contributed by atoms with van der Waals surface area (Å²) in [6, 6.07) is 19.2. The highest BCUT2D eigenvalue weighted by Crippen LogP contribution is 2.68. The first-order chi connectivity index (χ1) is 15.9. The lowest BCUT2D eigenvalue weighted by atomic mass is 9.62. The Morgan fingerprint density at radius 1 is 0.353 bits per heavy atom. The smallest absolute Gasteiger partial charge is 0.0162 e. The lowest BCUT2D eigenvalue weighted by molar-refractivity contribution is 0.600. The van der Waals surface area contributed by atoms with Gasteiger partial charge in [-0.1, -0.05) is 104 Å². The third kappa shape index (κ3) is 1.65. The van der Waals surface area contributed by atoms with Crippen molar-refractivity contribution in [1.29, 1.82) is 0 Å². The van der Waals surface area contributed by atoms with Gasteiger partial charge in [-0.15, -0.1) is 0 Å². The highest BCUT2D eigenvalue weighted by molar-refractivity contribution is 6.19. The Bertz CT molecular complexity index is 1560. The van der Waals surface area contributed by atoms with Crippen LogP contribution >= 0.6 is 0 Å². The minimum Gasteiger partial charge on any atom is -0.0616 e. The van der Waals surface area contributed by atoms with Crippen LogP contribution in [0.3, 0.4) is 0 Å². The summed E-state index contributed by atoms with van der Waals surface area (Å²) in [6.45, 7) is 19.7. The summed E-state index contributed by atoms with van der Waals surface area (Å²) in [5, 5.41) is 3.10. The molecule has 0 unspecified atom stereocenters. The number of hydrogen-bond donors (Lipinski definition) is 0. The van der Waals surface area contributed by atoms with Crippen molar-refractivity contribution in [2.24, 2.45) is 0 Å². The first kappa shape index (κ1) is 19.4. The van der Waals surface area contributed by atoms with Crippen LogP contribution in [0.4, 0.5) is 0 Å². The minimum atomic E-state index is -0.0131. The fourth-order valence-electron chi connectivity index (χ4n) is 8.70. The molecular weight excluding hydrogens is 408 g/mol. The summed E-state index contributed by atoms with van der Waals surface area (Å²) in [5.74, 6) is 0. The summed E-state index contributed by atoms with van der Waals surface area (Å²) in [5.41, 5.74) is 18.4. The van der Waals surface area contributed by atoms with E-state index in [0.717, 1.165) is 0 Å². The number of fused-ring (bicyclic) bond motifs is 1. The summed E-state index contributed by atoms with van der Waals surface area (Å²) < 4.78 is 0. The SMILES string of the molecule is CC1(C)c2cccc3c2-c2c1c1c4c5c(ccc(c25)C3(C)C)C(C)(C)c2cccc(c2-4)C1(C)C. The predicted molar refractivity (Wildman–Crippen MR) is 143 cm³/mol. The van der Waals surface area contributed by atoms with E-state index in [0.29, 0.717) is 0 Å². The van der Waals surface area contributed by atoms with Gasteiger partial charge in [0.05, 0.1) is 0 Å². The van der Waals surface area contributed by atoms with Gasteiger partial charge in [-0.2, -0.15) is 0 Å². The van der Waals surface area contributed by atoms with E-state index in [1.807, 2.05) is 0 Å². The molecule has 34 heavy (non-hydrogen) atoms. The van der Waals surface area contributed by atoms with Gasteiger partial charge in [-0.25, -0.2) is 0 Å². The van der Waals surface area contributed by atoms with Crippen LogP contribution in [0.15, 0.2) is 48.5 Å². The van der Waals surface area contributed by atoms with Crippen LogP contribution in [0.2, 0.25) is 0 Å². The molecule has 4 aliphatic carbocycles. The number of benzene rings is 4. The molecule has 4 aliphatic rings. The number of rotatable bonds is 0. The third-order valence-electron chi connectivity index (χ3n) is 10.4. The Morgan fingerprint density at radius 2 is 0.676 bits per heavy atom. The summed E-state index contributed by atoms with van der Waals surface area (Å²) >= 11 is 0. The third-order valence-corrected chi connectivity index (χ3v) is 10.4. The zero-order chi connectivity index (χ0) is 23.7. The molecule has 0 radical (unpaired) electrons. The first-order valence-electron chi connectivity index (χ1n) is 12.9. The van der Waals surface area contributed by atoms with Crippen LogP contribution in [0, 0.1) is 0 Å². The second kappa shape index (κ2) is 5.06. The van der Waals surface area contributed by atoms with Gasteiger partial charge in [0, 0.05) is 21.7 Å². The summed E-state index contributed by atoms with van der Waals surface area (Å²) in [7, 11) is 0. The lowest BCUT2D eigenvalue weighted by Gasteiger charge is -2.40. The van der Waals surface area contributed by atoms with E-state index in [4.69, 9.17) is 0 Å². The Kier molecular flexibility index (Phi) is 2.89. The molecule has 0 spiro atoms. The Labute approximate surface area is 203 Å². The van der Waals surface area contributed by atoms with E-state index in [9.17, 15) is 0 Å². The molecule has 4 aromatic carbocycles. The van der Waals surface area contributed by atoms with E-state index in [2.05, 4.69) is 104 Å². The monoisotopic (exact) mass is 440 g/mol. The highest BCUT2D eigenvalue weighted by atomic mass is 14.6. The van der Waals surface area contributed by atoms with Crippen molar-refractivity contribution in [1.82, 2.24) is 0 Å². The maximum absolute atomic E-state index is 2.48. The molecule has 0 atom stereocenters. The van der Waals surface area contributed by atoms with Crippen LogP contribution in [-0.2, 0) is 21.7 Å². The van der Waals surface area contributed by atoms with Gasteiger partial charge < -0.3 is 0 Å². The van der Waals surface area contributed by atoms with Gasteiger partial charge in [0.1, 0.15) is 0 Å². The van der Waals surface area contributed by atoms with Gasteiger partial charge in [-0.05, 0) is 77.5 Å². The lowest BCUT2D eigenvalue weighted by Crippen LogP contribution is -2.28.